The van der Waals surface area contributed by atoms with Crippen molar-refractivity contribution < 1.29 is 0 Å². The lowest BCUT2D eigenvalue weighted by molar-refractivity contribution is 0.796. The highest BCUT2D eigenvalue weighted by Gasteiger charge is 2.22. The van der Waals surface area contributed by atoms with E-state index in [2.05, 4.69) is 215 Å². The second-order valence-corrected chi connectivity index (χ2v) is 15.5. The smallest absolute Gasteiger partial charge is 0.00305 e. The zero-order chi connectivity index (χ0) is 38.5. The quantitative estimate of drug-likeness (QED) is 0.150. The number of allylic oxidation sites excluding steroid dienone is 6. The number of aryl methyl sites for hydroxylation is 2. The van der Waals surface area contributed by atoms with Gasteiger partial charge in [-0.3, -0.25) is 0 Å². The molecule has 1 atom stereocenters. The minimum absolute atomic E-state index is 0.302. The van der Waals surface area contributed by atoms with Gasteiger partial charge in [-0.15, -0.1) is 0 Å². The van der Waals surface area contributed by atoms with Crippen LogP contribution in [0, 0.1) is 19.8 Å². The topological polar surface area (TPSA) is 0 Å². The van der Waals surface area contributed by atoms with Crippen LogP contribution in [0.1, 0.15) is 35.6 Å². The van der Waals surface area contributed by atoms with Crippen molar-refractivity contribution in [1.29, 1.82) is 0 Å². The second-order valence-electron chi connectivity index (χ2n) is 15.5. The molecular weight excluding hydrogens is 685 g/mol. The van der Waals surface area contributed by atoms with Crippen molar-refractivity contribution in [2.24, 2.45) is 5.92 Å². The standard InChI is InChI=1S/C57H44/c1-4-39-19-7-8-24-45(55(39)44-34-33-40-20-5-6-21-41(40)35-44)42-22-14-23-43(36-42)56-50-25-9-11-27-52(50)57(53-28-12-10-26-51(53)56)49-32-16-29-46-47(49)30-15-31-48(46)54-37(2)17-13-18-38(54)3/h5-36,39H,4H2,1-3H3. The van der Waals surface area contributed by atoms with E-state index in [1.54, 1.807) is 0 Å². The van der Waals surface area contributed by atoms with Crippen LogP contribution in [0.5, 0.6) is 0 Å². The van der Waals surface area contributed by atoms with Gasteiger partial charge in [0.15, 0.2) is 0 Å². The van der Waals surface area contributed by atoms with Gasteiger partial charge in [0.05, 0.1) is 0 Å². The summed E-state index contributed by atoms with van der Waals surface area (Å²) >= 11 is 0. The van der Waals surface area contributed by atoms with Crippen molar-refractivity contribution in [2.75, 3.05) is 0 Å². The van der Waals surface area contributed by atoms with E-state index in [0.717, 1.165) is 6.42 Å². The summed E-state index contributed by atoms with van der Waals surface area (Å²) in [6, 6.07) is 63.3. The third-order valence-electron chi connectivity index (χ3n) is 12.2. The fourth-order valence-electron chi connectivity index (χ4n) is 9.61. The Hall–Kier alpha value is -6.76. The van der Waals surface area contributed by atoms with Gasteiger partial charge in [0, 0.05) is 5.92 Å². The SMILES string of the molecule is CCC1C=CC=CC(c2cccc(-c3c4ccccc4c(-c4cccc5c(-c6c(C)cccc6C)cccc45)c4ccccc34)c2)=C1c1ccc2ccccc2c1. The monoisotopic (exact) mass is 728 g/mol. The number of hydrogen-bond acceptors (Lipinski definition) is 0. The maximum absolute atomic E-state index is 2.43. The summed E-state index contributed by atoms with van der Waals surface area (Å²) in [5.41, 5.74) is 15.5. The Balaban J connectivity index is 1.21. The highest BCUT2D eigenvalue weighted by molar-refractivity contribution is 6.24. The summed E-state index contributed by atoms with van der Waals surface area (Å²) in [5, 5.41) is 10.2. The van der Waals surface area contributed by atoms with Crippen LogP contribution in [0.25, 0.3) is 87.6 Å². The number of fused-ring (bicyclic) bond motifs is 4. The molecular formula is C57H44. The van der Waals surface area contributed by atoms with E-state index < -0.39 is 0 Å². The highest BCUT2D eigenvalue weighted by atomic mass is 14.3. The van der Waals surface area contributed by atoms with E-state index in [4.69, 9.17) is 0 Å². The van der Waals surface area contributed by atoms with Gasteiger partial charge in [-0.05, 0) is 142 Å². The summed E-state index contributed by atoms with van der Waals surface area (Å²) < 4.78 is 0. The Morgan fingerprint density at radius 3 is 1.61 bits per heavy atom. The van der Waals surface area contributed by atoms with Gasteiger partial charge in [-0.2, -0.15) is 0 Å². The minimum Gasteiger partial charge on any atom is -0.0770 e. The Morgan fingerprint density at radius 1 is 0.404 bits per heavy atom. The first-order valence-corrected chi connectivity index (χ1v) is 20.3. The normalized spacial score (nSPS) is 14.3. The van der Waals surface area contributed by atoms with Crippen LogP contribution in [0.4, 0.5) is 0 Å². The van der Waals surface area contributed by atoms with E-state index in [0.29, 0.717) is 5.92 Å². The average molecular weight is 729 g/mol. The summed E-state index contributed by atoms with van der Waals surface area (Å²) in [6.07, 6.45) is 10.2. The van der Waals surface area contributed by atoms with Crippen molar-refractivity contribution in [2.45, 2.75) is 27.2 Å². The molecule has 0 N–H and O–H groups in total. The summed E-state index contributed by atoms with van der Waals surface area (Å²) in [4.78, 5) is 0. The number of benzene rings is 9. The van der Waals surface area contributed by atoms with Crippen LogP contribution in [0.2, 0.25) is 0 Å². The fourth-order valence-corrected chi connectivity index (χ4v) is 9.61. The van der Waals surface area contributed by atoms with Gasteiger partial charge in [-0.25, -0.2) is 0 Å². The minimum atomic E-state index is 0.302. The first kappa shape index (κ1) is 34.7. The van der Waals surface area contributed by atoms with E-state index >= 15 is 0 Å². The van der Waals surface area contributed by atoms with Crippen LogP contribution in [-0.4, -0.2) is 0 Å². The molecule has 272 valence electrons. The summed E-state index contributed by atoms with van der Waals surface area (Å²) in [6.45, 7) is 6.76. The van der Waals surface area contributed by atoms with Crippen molar-refractivity contribution in [3.63, 3.8) is 0 Å². The van der Waals surface area contributed by atoms with E-state index in [9.17, 15) is 0 Å². The van der Waals surface area contributed by atoms with Crippen molar-refractivity contribution >= 4 is 54.2 Å². The molecule has 9 aromatic carbocycles. The van der Waals surface area contributed by atoms with Gasteiger partial charge in [-0.1, -0.05) is 189 Å². The predicted octanol–water partition coefficient (Wildman–Crippen LogP) is 16.0. The molecule has 1 aliphatic carbocycles. The molecule has 0 spiro atoms. The van der Waals surface area contributed by atoms with Gasteiger partial charge in [0.1, 0.15) is 0 Å². The molecule has 0 fully saturated rings. The number of hydrogen-bond donors (Lipinski definition) is 0. The molecule has 0 heteroatoms. The van der Waals surface area contributed by atoms with Gasteiger partial charge in [0.2, 0.25) is 0 Å². The van der Waals surface area contributed by atoms with Crippen LogP contribution in [-0.2, 0) is 0 Å². The Morgan fingerprint density at radius 2 is 0.947 bits per heavy atom. The maximum Gasteiger partial charge on any atom is 0.00305 e. The molecule has 0 bridgehead atoms. The molecule has 0 amide bonds. The zero-order valence-electron chi connectivity index (χ0n) is 32.8. The van der Waals surface area contributed by atoms with Crippen molar-refractivity contribution in [3.05, 3.63) is 216 Å². The highest BCUT2D eigenvalue weighted by Crippen LogP contribution is 2.47. The second kappa shape index (κ2) is 14.4. The molecule has 1 unspecified atom stereocenters. The first-order chi connectivity index (χ1) is 28.1. The van der Waals surface area contributed by atoms with Crippen LogP contribution in [0.15, 0.2) is 194 Å². The molecule has 0 heterocycles. The lowest BCUT2D eigenvalue weighted by atomic mass is 9.82. The molecule has 0 saturated carbocycles. The maximum atomic E-state index is 2.43. The molecule has 1 aliphatic rings. The fraction of sp³-hybridized carbons (Fsp3) is 0.0877. The average Bonchev–Trinajstić information content (AvgIpc) is 3.48. The van der Waals surface area contributed by atoms with Gasteiger partial charge < -0.3 is 0 Å². The van der Waals surface area contributed by atoms with Gasteiger partial charge in [0.25, 0.3) is 0 Å². The first-order valence-electron chi connectivity index (χ1n) is 20.3. The molecule has 0 nitrogen and oxygen atoms in total. The molecule has 0 saturated heterocycles. The number of rotatable bonds is 6. The van der Waals surface area contributed by atoms with Crippen molar-refractivity contribution in [3.8, 4) is 33.4 Å². The Bertz CT molecular complexity index is 3050. The lowest BCUT2D eigenvalue weighted by Gasteiger charge is -2.22. The molecule has 0 radical (unpaired) electrons. The van der Waals surface area contributed by atoms with Crippen LogP contribution >= 0.6 is 0 Å². The Kier molecular flexibility index (Phi) is 8.76. The largest absolute Gasteiger partial charge is 0.0770 e. The third kappa shape index (κ3) is 5.92. The predicted molar refractivity (Wildman–Crippen MR) is 248 cm³/mol. The molecule has 9 aromatic rings. The molecule has 0 aromatic heterocycles. The van der Waals surface area contributed by atoms with E-state index in [-0.39, 0.29) is 0 Å². The molecule has 57 heavy (non-hydrogen) atoms. The van der Waals surface area contributed by atoms with E-state index in [1.165, 1.54) is 110 Å². The summed E-state index contributed by atoms with van der Waals surface area (Å²) in [7, 11) is 0. The van der Waals surface area contributed by atoms with Crippen molar-refractivity contribution in [1.82, 2.24) is 0 Å². The Labute approximate surface area is 335 Å². The third-order valence-corrected chi connectivity index (χ3v) is 12.2. The summed E-state index contributed by atoms with van der Waals surface area (Å²) in [5.74, 6) is 0.302. The van der Waals surface area contributed by atoms with Crippen LogP contribution in [0.3, 0.4) is 0 Å². The molecule has 0 aliphatic heterocycles. The van der Waals surface area contributed by atoms with Crippen LogP contribution < -0.4 is 0 Å². The zero-order valence-corrected chi connectivity index (χ0v) is 32.8. The van der Waals surface area contributed by atoms with Gasteiger partial charge >= 0.3 is 0 Å². The lowest BCUT2D eigenvalue weighted by Crippen LogP contribution is -2.02. The molecule has 10 rings (SSSR count). The van der Waals surface area contributed by atoms with E-state index in [1.807, 2.05) is 0 Å².